The lowest BCUT2D eigenvalue weighted by atomic mass is 9.84. The molecule has 11 heteroatoms. The third-order valence-corrected chi connectivity index (χ3v) is 8.09. The van der Waals surface area contributed by atoms with Crippen LogP contribution in [0.4, 0.5) is 5.82 Å². The quantitative estimate of drug-likeness (QED) is 0.474. The molecular weight excluding hydrogens is 448 g/mol. The van der Waals surface area contributed by atoms with Gasteiger partial charge < -0.3 is 25.3 Å². The molecule has 0 saturated carbocycles. The molecule has 186 valence electrons. The van der Waals surface area contributed by atoms with Crippen LogP contribution >= 0.6 is 0 Å². The Morgan fingerprint density at radius 3 is 2.74 bits per heavy atom. The molecule has 6 rings (SSSR count). The second-order valence-corrected chi connectivity index (χ2v) is 10.0. The van der Waals surface area contributed by atoms with Crippen molar-refractivity contribution < 1.29 is 14.9 Å². The van der Waals surface area contributed by atoms with E-state index in [1.165, 1.54) is 6.33 Å². The van der Waals surface area contributed by atoms with E-state index in [0.29, 0.717) is 23.4 Å². The van der Waals surface area contributed by atoms with E-state index in [2.05, 4.69) is 30.0 Å². The summed E-state index contributed by atoms with van der Waals surface area (Å²) in [5.74, 6) is 0.378. The van der Waals surface area contributed by atoms with E-state index in [-0.39, 0.29) is 5.54 Å². The number of aliphatic hydroxyl groups is 2. The van der Waals surface area contributed by atoms with Crippen molar-refractivity contribution in [2.75, 3.05) is 31.9 Å². The fraction of sp³-hybridized carbons (Fsp3) is 0.583. The zero-order valence-electron chi connectivity index (χ0n) is 19.6. The maximum absolute atomic E-state index is 10.9. The molecular formula is C24H32N8O3. The van der Waals surface area contributed by atoms with E-state index in [0.717, 1.165) is 57.6 Å². The van der Waals surface area contributed by atoms with Gasteiger partial charge in [-0.25, -0.2) is 9.97 Å². The highest BCUT2D eigenvalue weighted by atomic mass is 16.6. The molecule has 35 heavy (non-hydrogen) atoms. The minimum atomic E-state index is -1.06. The van der Waals surface area contributed by atoms with Crippen LogP contribution < -0.4 is 5.73 Å². The fourth-order valence-electron chi connectivity index (χ4n) is 6.14. The van der Waals surface area contributed by atoms with Crippen molar-refractivity contribution in [3.63, 3.8) is 0 Å². The molecule has 0 aromatic carbocycles. The van der Waals surface area contributed by atoms with Gasteiger partial charge in [0.15, 0.2) is 6.23 Å². The molecule has 3 aliphatic heterocycles. The number of anilines is 1. The zero-order chi connectivity index (χ0) is 24.0. The molecule has 11 nitrogen and oxygen atoms in total. The smallest absolute Gasteiger partial charge is 0.164 e. The maximum Gasteiger partial charge on any atom is 0.164 e. The van der Waals surface area contributed by atoms with Gasteiger partial charge in [-0.3, -0.25) is 9.80 Å². The average Bonchev–Trinajstić information content (AvgIpc) is 3.55. The van der Waals surface area contributed by atoms with Crippen molar-refractivity contribution in [1.82, 2.24) is 34.5 Å². The Morgan fingerprint density at radius 2 is 1.94 bits per heavy atom. The number of nitrogens with two attached hydrogens (primary N) is 1. The molecule has 3 aliphatic rings. The predicted octanol–water partition coefficient (Wildman–Crippen LogP) is 0.553. The van der Waals surface area contributed by atoms with Crippen LogP contribution in [0, 0.1) is 0 Å². The van der Waals surface area contributed by atoms with E-state index >= 15 is 0 Å². The number of hydrogen-bond acceptors (Lipinski definition) is 10. The van der Waals surface area contributed by atoms with Crippen LogP contribution in [-0.4, -0.2) is 94.8 Å². The van der Waals surface area contributed by atoms with Crippen molar-refractivity contribution in [2.24, 2.45) is 0 Å². The number of hydrogen-bond donors (Lipinski definition) is 3. The van der Waals surface area contributed by atoms with Gasteiger partial charge in [-0.2, -0.15) is 10.2 Å². The minimum Gasteiger partial charge on any atom is -0.387 e. The van der Waals surface area contributed by atoms with Crippen LogP contribution in [0.25, 0.3) is 11.0 Å². The Labute approximate surface area is 203 Å². The molecule has 0 unspecified atom stereocenters. The Bertz CT molecular complexity index is 1170. The molecule has 4 N–H and O–H groups in total. The first-order valence-corrected chi connectivity index (χ1v) is 12.4. The van der Waals surface area contributed by atoms with Crippen LogP contribution in [0.3, 0.4) is 0 Å². The van der Waals surface area contributed by atoms with Gasteiger partial charge in [-0.15, -0.1) is 0 Å². The SMILES string of the molecule is Nc1ncnc2c1ccn2[C@@H]1O[C@H](CN2CCCC23CCN(Cc2cccnn2)CC3)[C@@H](O)[C@H]1O. The summed E-state index contributed by atoms with van der Waals surface area (Å²) in [7, 11) is 0. The van der Waals surface area contributed by atoms with Crippen LogP contribution in [0.2, 0.25) is 0 Å². The zero-order valence-corrected chi connectivity index (χ0v) is 19.6. The second-order valence-electron chi connectivity index (χ2n) is 10.0. The summed E-state index contributed by atoms with van der Waals surface area (Å²) >= 11 is 0. The van der Waals surface area contributed by atoms with Crippen molar-refractivity contribution in [1.29, 1.82) is 0 Å². The average molecular weight is 481 g/mol. The van der Waals surface area contributed by atoms with E-state index in [1.54, 1.807) is 17.0 Å². The molecule has 4 atom stereocenters. The van der Waals surface area contributed by atoms with Crippen LogP contribution in [-0.2, 0) is 11.3 Å². The molecule has 3 aromatic heterocycles. The van der Waals surface area contributed by atoms with Gasteiger partial charge in [0.2, 0.25) is 0 Å². The molecule has 3 saturated heterocycles. The summed E-state index contributed by atoms with van der Waals surface area (Å²) in [4.78, 5) is 13.3. The third-order valence-electron chi connectivity index (χ3n) is 8.09. The van der Waals surface area contributed by atoms with Gasteiger partial charge in [0.1, 0.15) is 36.1 Å². The summed E-state index contributed by atoms with van der Waals surface area (Å²) in [6.45, 7) is 4.40. The largest absolute Gasteiger partial charge is 0.387 e. The molecule has 0 bridgehead atoms. The molecule has 3 aromatic rings. The Balaban J connectivity index is 1.13. The number of piperidine rings is 1. The number of aliphatic hydroxyl groups excluding tert-OH is 2. The number of rotatable bonds is 5. The Kier molecular flexibility index (Phi) is 5.89. The molecule has 0 amide bonds. The van der Waals surface area contributed by atoms with Crippen molar-refractivity contribution in [3.8, 4) is 0 Å². The lowest BCUT2D eigenvalue weighted by molar-refractivity contribution is -0.0578. The van der Waals surface area contributed by atoms with Gasteiger partial charge in [-0.05, 0) is 50.4 Å². The van der Waals surface area contributed by atoms with Crippen LogP contribution in [0.1, 0.15) is 37.6 Å². The lowest BCUT2D eigenvalue weighted by Crippen LogP contribution is -2.54. The third kappa shape index (κ3) is 4.07. The molecule has 1 spiro atoms. The monoisotopic (exact) mass is 480 g/mol. The van der Waals surface area contributed by atoms with Crippen LogP contribution in [0.15, 0.2) is 36.9 Å². The topological polar surface area (TPSA) is 139 Å². The number of nitrogens with zero attached hydrogens (tertiary/aromatic N) is 7. The number of fused-ring (bicyclic) bond motifs is 1. The maximum atomic E-state index is 10.9. The first-order chi connectivity index (χ1) is 17.0. The highest BCUT2D eigenvalue weighted by molar-refractivity contribution is 5.86. The van der Waals surface area contributed by atoms with E-state index in [1.807, 2.05) is 18.2 Å². The van der Waals surface area contributed by atoms with Gasteiger partial charge in [0.05, 0.1) is 11.1 Å². The minimum absolute atomic E-state index is 0.118. The van der Waals surface area contributed by atoms with E-state index < -0.39 is 24.5 Å². The van der Waals surface area contributed by atoms with E-state index in [9.17, 15) is 10.2 Å². The Hall–Kier alpha value is -2.70. The summed E-state index contributed by atoms with van der Waals surface area (Å²) < 4.78 is 8.01. The number of likely N-dealkylation sites (tertiary alicyclic amines) is 2. The van der Waals surface area contributed by atoms with Crippen molar-refractivity contribution in [2.45, 2.75) is 62.3 Å². The Morgan fingerprint density at radius 1 is 1.09 bits per heavy atom. The van der Waals surface area contributed by atoms with Gasteiger partial charge in [0, 0.05) is 44.1 Å². The second kappa shape index (κ2) is 9.07. The van der Waals surface area contributed by atoms with E-state index in [4.69, 9.17) is 10.5 Å². The first-order valence-electron chi connectivity index (χ1n) is 12.4. The summed E-state index contributed by atoms with van der Waals surface area (Å²) in [6.07, 6.45) is 6.06. The van der Waals surface area contributed by atoms with Gasteiger partial charge in [0.25, 0.3) is 0 Å². The predicted molar refractivity (Wildman–Crippen MR) is 128 cm³/mol. The molecule has 6 heterocycles. The molecule has 0 radical (unpaired) electrons. The summed E-state index contributed by atoms with van der Waals surface area (Å²) in [6, 6.07) is 5.76. The summed E-state index contributed by atoms with van der Waals surface area (Å²) in [5.41, 5.74) is 7.67. The lowest BCUT2D eigenvalue weighted by Gasteiger charge is -2.46. The summed E-state index contributed by atoms with van der Waals surface area (Å²) in [5, 5.41) is 30.7. The van der Waals surface area contributed by atoms with Gasteiger partial charge in [-0.1, -0.05) is 0 Å². The van der Waals surface area contributed by atoms with Gasteiger partial charge >= 0.3 is 0 Å². The highest BCUT2D eigenvalue weighted by Gasteiger charge is 2.49. The fourth-order valence-corrected chi connectivity index (χ4v) is 6.14. The first kappa shape index (κ1) is 22.7. The van der Waals surface area contributed by atoms with Crippen LogP contribution in [0.5, 0.6) is 0 Å². The normalized spacial score (nSPS) is 29.4. The molecule has 3 fully saturated rings. The number of nitrogen functional groups attached to an aromatic ring is 1. The number of aromatic nitrogens is 5. The van der Waals surface area contributed by atoms with Crippen molar-refractivity contribution >= 4 is 16.9 Å². The van der Waals surface area contributed by atoms with Crippen molar-refractivity contribution in [3.05, 3.63) is 42.6 Å². The highest BCUT2D eigenvalue weighted by Crippen LogP contribution is 2.41. The standard InChI is InChI=1S/C24H32N8O3/c25-21-17-4-10-32(22(17)27-15-26-21)23-20(34)19(33)18(35-23)14-31-9-2-5-24(31)6-11-30(12-7-24)13-16-3-1-8-28-29-16/h1,3-4,8,10,15,18-20,23,33-34H,2,5-7,9,11-14H2,(H2,25,26,27)/t18-,19-,20-,23-/m1/s1. The number of ether oxygens (including phenoxy) is 1. The molecule has 0 aliphatic carbocycles.